The van der Waals surface area contributed by atoms with Crippen LogP contribution in [0.3, 0.4) is 0 Å². The van der Waals surface area contributed by atoms with Gasteiger partial charge in [-0.15, -0.1) is 0 Å². The van der Waals surface area contributed by atoms with E-state index in [1.165, 1.54) is 6.07 Å². The zero-order valence-electron chi connectivity index (χ0n) is 10.7. The van der Waals surface area contributed by atoms with Crippen molar-refractivity contribution >= 4 is 6.29 Å². The molecule has 0 N–H and O–H groups in total. The van der Waals surface area contributed by atoms with E-state index in [9.17, 15) is 9.18 Å². The van der Waals surface area contributed by atoms with Crippen molar-refractivity contribution in [1.82, 2.24) is 4.90 Å². The fourth-order valence-electron chi connectivity index (χ4n) is 2.33. The van der Waals surface area contributed by atoms with Crippen molar-refractivity contribution in [2.45, 2.75) is 12.5 Å². The van der Waals surface area contributed by atoms with Crippen LogP contribution in [0.5, 0.6) is 0 Å². The summed E-state index contributed by atoms with van der Waals surface area (Å²) in [5.74, 6) is -0.503. The van der Waals surface area contributed by atoms with E-state index in [1.54, 1.807) is 6.07 Å². The van der Waals surface area contributed by atoms with Crippen molar-refractivity contribution in [3.05, 3.63) is 35.1 Å². The molecule has 0 bridgehead atoms. The van der Waals surface area contributed by atoms with Gasteiger partial charge in [-0.2, -0.15) is 0 Å². The topological polar surface area (TPSA) is 29.5 Å². The maximum absolute atomic E-state index is 13.6. The van der Waals surface area contributed by atoms with Gasteiger partial charge in [0.15, 0.2) is 0 Å². The van der Waals surface area contributed by atoms with Crippen LogP contribution in [0.4, 0.5) is 4.39 Å². The molecule has 1 aromatic rings. The summed E-state index contributed by atoms with van der Waals surface area (Å²) in [5.41, 5.74) is 1.45. The summed E-state index contributed by atoms with van der Waals surface area (Å²) in [6.07, 6.45) is 1.02. The number of likely N-dealkylation sites (N-methyl/N-ethyl adjacent to an activating group) is 1. The number of halogens is 1. The summed E-state index contributed by atoms with van der Waals surface area (Å²) in [6.45, 7) is 1.32. The Morgan fingerprint density at radius 2 is 2.28 bits per heavy atom. The van der Waals surface area contributed by atoms with Crippen molar-refractivity contribution in [2.24, 2.45) is 5.92 Å². The van der Waals surface area contributed by atoms with Gasteiger partial charge < -0.3 is 14.4 Å². The Morgan fingerprint density at radius 1 is 1.50 bits per heavy atom. The first-order chi connectivity index (χ1) is 8.63. The first-order valence-electron chi connectivity index (χ1n) is 6.12. The van der Waals surface area contributed by atoms with E-state index in [2.05, 4.69) is 0 Å². The second-order valence-electron chi connectivity index (χ2n) is 4.91. The van der Waals surface area contributed by atoms with Crippen LogP contribution in [-0.4, -0.2) is 38.4 Å². The Labute approximate surface area is 107 Å². The molecule has 0 amide bonds. The summed E-state index contributed by atoms with van der Waals surface area (Å²) >= 11 is 0. The van der Waals surface area contributed by atoms with E-state index < -0.39 is 0 Å². The minimum Gasteiger partial charge on any atom is -0.371 e. The Bertz CT molecular complexity index is 434. The number of ether oxygens (including phenoxy) is 1. The van der Waals surface area contributed by atoms with Crippen molar-refractivity contribution in [3.8, 4) is 0 Å². The van der Waals surface area contributed by atoms with Gasteiger partial charge in [-0.3, -0.25) is 0 Å². The molecule has 18 heavy (non-hydrogen) atoms. The van der Waals surface area contributed by atoms with E-state index in [0.29, 0.717) is 18.6 Å². The van der Waals surface area contributed by atoms with Gasteiger partial charge in [0.2, 0.25) is 0 Å². The van der Waals surface area contributed by atoms with Crippen LogP contribution >= 0.6 is 0 Å². The highest BCUT2D eigenvalue weighted by Crippen LogP contribution is 2.38. The molecule has 2 rings (SSSR count). The normalized spacial score (nSPS) is 22.2. The zero-order chi connectivity index (χ0) is 13.1. The third-order valence-electron chi connectivity index (χ3n) is 3.30. The highest BCUT2D eigenvalue weighted by molar-refractivity contribution is 5.59. The summed E-state index contributed by atoms with van der Waals surface area (Å²) < 4.78 is 19.4. The molecule has 1 aliphatic carbocycles. The number of carbonyl (C=O) groups excluding carboxylic acids is 1. The number of aldehydes is 1. The fraction of sp³-hybridized carbons (Fsp3) is 0.500. The number of hydrogen-bond donors (Lipinski definition) is 0. The van der Waals surface area contributed by atoms with Crippen LogP contribution in [-0.2, 0) is 16.0 Å². The van der Waals surface area contributed by atoms with Gasteiger partial charge in [0.25, 0.3) is 0 Å². The number of nitrogens with zero attached hydrogens (tertiary/aromatic N) is 1. The monoisotopic (exact) mass is 251 g/mol. The highest BCUT2D eigenvalue weighted by Gasteiger charge is 2.34. The molecule has 0 radical (unpaired) electrons. The molecule has 0 aliphatic heterocycles. The second-order valence-corrected chi connectivity index (χ2v) is 4.91. The summed E-state index contributed by atoms with van der Waals surface area (Å²) in [6, 6.07) is 4.95. The molecule has 0 heterocycles. The Balaban J connectivity index is 2.13. The molecule has 0 spiro atoms. The second kappa shape index (κ2) is 5.59. The third-order valence-corrected chi connectivity index (χ3v) is 3.30. The molecule has 0 fully saturated rings. The fourth-order valence-corrected chi connectivity index (χ4v) is 2.33. The van der Waals surface area contributed by atoms with E-state index in [-0.39, 0.29) is 17.8 Å². The van der Waals surface area contributed by atoms with Gasteiger partial charge >= 0.3 is 0 Å². The van der Waals surface area contributed by atoms with Crippen LogP contribution in [0.25, 0.3) is 0 Å². The lowest BCUT2D eigenvalue weighted by molar-refractivity contribution is -0.115. The van der Waals surface area contributed by atoms with E-state index in [0.717, 1.165) is 18.4 Å². The van der Waals surface area contributed by atoms with Crippen molar-refractivity contribution in [1.29, 1.82) is 0 Å². The molecule has 0 aromatic heterocycles. The molecule has 1 aromatic carbocycles. The van der Waals surface area contributed by atoms with Gasteiger partial charge in [-0.25, -0.2) is 4.39 Å². The molecule has 0 saturated heterocycles. The van der Waals surface area contributed by atoms with Crippen LogP contribution in [0.1, 0.15) is 17.2 Å². The number of fused-ring (bicyclic) bond motifs is 1. The Hall–Kier alpha value is -1.26. The highest BCUT2D eigenvalue weighted by atomic mass is 19.1. The smallest absolute Gasteiger partial charge is 0.126 e. The van der Waals surface area contributed by atoms with Gasteiger partial charge in [-0.05, 0) is 37.7 Å². The minimum absolute atomic E-state index is 0.238. The van der Waals surface area contributed by atoms with Gasteiger partial charge in [0.05, 0.1) is 12.7 Å². The number of rotatable bonds is 5. The maximum atomic E-state index is 13.6. The van der Waals surface area contributed by atoms with Crippen molar-refractivity contribution in [3.63, 3.8) is 0 Å². The molecular formula is C14H18FNO2. The lowest BCUT2D eigenvalue weighted by Gasteiger charge is -2.18. The Kier molecular flexibility index (Phi) is 4.09. The average Bonchev–Trinajstić information content (AvgIpc) is 2.69. The van der Waals surface area contributed by atoms with E-state index in [4.69, 9.17) is 4.74 Å². The van der Waals surface area contributed by atoms with E-state index >= 15 is 0 Å². The number of benzene rings is 1. The predicted octanol–water partition coefficient (Wildman–Crippen LogP) is 1.82. The molecule has 4 heteroatoms. The van der Waals surface area contributed by atoms with Gasteiger partial charge in [0.1, 0.15) is 12.1 Å². The molecule has 98 valence electrons. The molecule has 2 unspecified atom stereocenters. The van der Waals surface area contributed by atoms with Crippen LogP contribution in [0.15, 0.2) is 18.2 Å². The molecule has 3 nitrogen and oxygen atoms in total. The largest absolute Gasteiger partial charge is 0.371 e. The number of carbonyl (C=O) groups is 1. The summed E-state index contributed by atoms with van der Waals surface area (Å²) in [7, 11) is 3.92. The SMILES string of the molecule is CN(C)CCOC1c2cccc(F)c2CC1C=O. The van der Waals surface area contributed by atoms with Crippen LogP contribution in [0, 0.1) is 11.7 Å². The zero-order valence-corrected chi connectivity index (χ0v) is 10.7. The lowest BCUT2D eigenvalue weighted by Crippen LogP contribution is -2.21. The average molecular weight is 251 g/mol. The predicted molar refractivity (Wildman–Crippen MR) is 66.9 cm³/mol. The molecule has 1 aliphatic rings. The van der Waals surface area contributed by atoms with E-state index in [1.807, 2.05) is 25.1 Å². The van der Waals surface area contributed by atoms with Gasteiger partial charge in [-0.1, -0.05) is 12.1 Å². The molecular weight excluding hydrogens is 233 g/mol. The quantitative estimate of drug-likeness (QED) is 0.748. The van der Waals surface area contributed by atoms with Crippen molar-refractivity contribution < 1.29 is 13.9 Å². The Morgan fingerprint density at radius 3 is 2.94 bits per heavy atom. The lowest BCUT2D eigenvalue weighted by atomic mass is 10.1. The minimum atomic E-state index is -0.298. The van der Waals surface area contributed by atoms with Gasteiger partial charge in [0, 0.05) is 12.5 Å². The first-order valence-corrected chi connectivity index (χ1v) is 6.12. The first kappa shape index (κ1) is 13.2. The third kappa shape index (κ3) is 2.60. The number of hydrogen-bond acceptors (Lipinski definition) is 3. The molecule has 0 saturated carbocycles. The summed E-state index contributed by atoms with van der Waals surface area (Å²) in [4.78, 5) is 13.1. The van der Waals surface area contributed by atoms with Crippen LogP contribution < -0.4 is 0 Å². The van der Waals surface area contributed by atoms with Crippen LogP contribution in [0.2, 0.25) is 0 Å². The standard InChI is InChI=1S/C14H18FNO2/c1-16(2)6-7-18-14-10(9-17)8-12-11(14)4-3-5-13(12)15/h3-5,9-10,14H,6-8H2,1-2H3. The van der Waals surface area contributed by atoms with Crippen molar-refractivity contribution in [2.75, 3.05) is 27.2 Å². The molecule has 2 atom stereocenters. The summed E-state index contributed by atoms with van der Waals surface area (Å²) in [5, 5.41) is 0. The maximum Gasteiger partial charge on any atom is 0.126 e.